The molecule has 5 N–H and O–H groups in total. The summed E-state index contributed by atoms with van der Waals surface area (Å²) in [4.78, 5) is 68.6. The second-order valence-electron chi connectivity index (χ2n) is 16.2. The number of benzene rings is 5. The molecule has 0 fully saturated rings. The number of fused-ring (bicyclic) bond motifs is 3. The molecule has 1 aliphatic carbocycles. The van der Waals surface area contributed by atoms with E-state index in [2.05, 4.69) is 26.8 Å². The van der Waals surface area contributed by atoms with Crippen molar-refractivity contribution in [3.8, 4) is 11.1 Å². The first-order valence-corrected chi connectivity index (χ1v) is 21.2. The molecule has 5 amide bonds. The van der Waals surface area contributed by atoms with Gasteiger partial charge in [0.25, 0.3) is 11.8 Å². The summed E-state index contributed by atoms with van der Waals surface area (Å²) in [6.45, 7) is 7.10. The molecule has 0 bridgehead atoms. The topological polar surface area (TPSA) is 173 Å². The molecule has 13 heteroatoms. The number of unbranched alkanes of at least 4 members (excludes halogenated alkanes) is 1. The van der Waals surface area contributed by atoms with E-state index in [0.717, 1.165) is 51.8 Å². The normalized spacial score (nSPS) is 13.0. The number of hydrogen-bond acceptors (Lipinski definition) is 8. The van der Waals surface area contributed by atoms with Crippen LogP contribution in [0.25, 0.3) is 11.1 Å². The monoisotopic (exact) mass is 853 g/mol. The van der Waals surface area contributed by atoms with Gasteiger partial charge < -0.3 is 30.2 Å². The molecule has 0 heterocycles. The lowest BCUT2D eigenvalue weighted by atomic mass is 9.77. The predicted molar refractivity (Wildman–Crippen MR) is 239 cm³/mol. The molecule has 0 saturated heterocycles. The summed E-state index contributed by atoms with van der Waals surface area (Å²) < 4.78 is 16.8. The van der Waals surface area contributed by atoms with Crippen molar-refractivity contribution in [3.63, 3.8) is 0 Å². The van der Waals surface area contributed by atoms with E-state index in [1.807, 2.05) is 146 Å². The lowest BCUT2D eigenvalue weighted by Gasteiger charge is -2.37. The summed E-state index contributed by atoms with van der Waals surface area (Å²) in [7, 11) is 0. The Bertz CT molecular complexity index is 2190. The first-order valence-electron chi connectivity index (χ1n) is 21.2. The SMILES string of the molecule is CCCCOCC(NC(=O)OC(C)(C)C)C(=O)NNC(=O)[C@H](CC(=O)NC(c1ccccc1)(c1ccccc1)c1ccccc1)NC(=O)OCC1c2ccccc2-c2ccccc21. The fourth-order valence-corrected chi connectivity index (χ4v) is 7.60. The predicted octanol–water partition coefficient (Wildman–Crippen LogP) is 7.25. The molecule has 1 unspecified atom stereocenters. The zero-order valence-corrected chi connectivity index (χ0v) is 36.0. The molecule has 13 nitrogen and oxygen atoms in total. The number of hydrogen-bond donors (Lipinski definition) is 5. The Labute approximate surface area is 368 Å². The minimum absolute atomic E-state index is 0.0493. The third kappa shape index (κ3) is 11.7. The van der Waals surface area contributed by atoms with Crippen LogP contribution in [-0.4, -0.2) is 67.4 Å². The van der Waals surface area contributed by atoms with Crippen LogP contribution < -0.4 is 26.8 Å². The molecule has 0 aliphatic heterocycles. The van der Waals surface area contributed by atoms with Gasteiger partial charge in [0.1, 0.15) is 29.8 Å². The first kappa shape index (κ1) is 45.5. The van der Waals surface area contributed by atoms with E-state index < -0.39 is 59.6 Å². The van der Waals surface area contributed by atoms with Crippen LogP contribution in [0, 0.1) is 0 Å². The highest BCUT2D eigenvalue weighted by Gasteiger charge is 2.39. The van der Waals surface area contributed by atoms with Crippen LogP contribution >= 0.6 is 0 Å². The van der Waals surface area contributed by atoms with Crippen LogP contribution in [0.1, 0.15) is 80.7 Å². The van der Waals surface area contributed by atoms with Gasteiger partial charge in [0, 0.05) is 12.5 Å². The molecular weight excluding hydrogens is 799 g/mol. The number of carbonyl (C=O) groups is 5. The van der Waals surface area contributed by atoms with Crippen molar-refractivity contribution < 1.29 is 38.2 Å². The Balaban J connectivity index is 1.25. The van der Waals surface area contributed by atoms with Gasteiger partial charge in [-0.2, -0.15) is 0 Å². The number of nitrogens with one attached hydrogen (secondary N) is 5. The van der Waals surface area contributed by atoms with Crippen LogP contribution in [0.5, 0.6) is 0 Å². The van der Waals surface area contributed by atoms with Gasteiger partial charge in [-0.25, -0.2) is 9.59 Å². The maximum Gasteiger partial charge on any atom is 0.408 e. The molecule has 0 saturated carbocycles. The second-order valence-corrected chi connectivity index (χ2v) is 16.2. The Morgan fingerprint density at radius 1 is 0.603 bits per heavy atom. The van der Waals surface area contributed by atoms with Gasteiger partial charge in [0.05, 0.1) is 13.0 Å². The number of rotatable bonds is 17. The average Bonchev–Trinajstić information content (AvgIpc) is 3.61. The van der Waals surface area contributed by atoms with E-state index in [0.29, 0.717) is 6.61 Å². The number of alkyl carbamates (subject to hydrolysis) is 2. The summed E-state index contributed by atoms with van der Waals surface area (Å²) in [5, 5.41) is 8.30. The van der Waals surface area contributed by atoms with E-state index in [1.54, 1.807) is 20.8 Å². The fraction of sp³-hybridized carbons (Fsp3) is 0.300. The molecule has 63 heavy (non-hydrogen) atoms. The summed E-state index contributed by atoms with van der Waals surface area (Å²) in [5.41, 5.74) is 8.92. The minimum atomic E-state index is -1.56. The third-order valence-corrected chi connectivity index (χ3v) is 10.5. The van der Waals surface area contributed by atoms with Gasteiger partial charge in [-0.3, -0.25) is 25.2 Å². The van der Waals surface area contributed by atoms with Gasteiger partial charge in [-0.1, -0.05) is 153 Å². The molecule has 328 valence electrons. The summed E-state index contributed by atoms with van der Waals surface area (Å²) in [5.74, 6) is -2.63. The molecule has 6 rings (SSSR count). The number of amides is 5. The van der Waals surface area contributed by atoms with Crippen molar-refractivity contribution in [2.45, 2.75) is 76.1 Å². The molecule has 1 aliphatic rings. The molecule has 2 atom stereocenters. The Morgan fingerprint density at radius 2 is 1.06 bits per heavy atom. The Hall–Kier alpha value is -6.99. The summed E-state index contributed by atoms with van der Waals surface area (Å²) in [6.07, 6.45) is -0.812. The fourth-order valence-electron chi connectivity index (χ4n) is 7.60. The zero-order valence-electron chi connectivity index (χ0n) is 36.0. The van der Waals surface area contributed by atoms with Crippen LogP contribution in [-0.2, 0) is 34.1 Å². The quantitative estimate of drug-likeness (QED) is 0.0370. The van der Waals surface area contributed by atoms with E-state index in [-0.39, 0.29) is 19.1 Å². The van der Waals surface area contributed by atoms with Gasteiger partial charge in [0.15, 0.2) is 0 Å². The number of hydrazine groups is 1. The van der Waals surface area contributed by atoms with E-state index in [1.165, 1.54) is 0 Å². The van der Waals surface area contributed by atoms with Crippen molar-refractivity contribution in [1.82, 2.24) is 26.8 Å². The summed E-state index contributed by atoms with van der Waals surface area (Å²) in [6, 6.07) is 41.3. The van der Waals surface area contributed by atoms with Gasteiger partial charge >= 0.3 is 12.2 Å². The van der Waals surface area contributed by atoms with Crippen LogP contribution in [0.4, 0.5) is 9.59 Å². The van der Waals surface area contributed by atoms with Crippen LogP contribution in [0.15, 0.2) is 140 Å². The molecule has 5 aromatic carbocycles. The zero-order chi connectivity index (χ0) is 44.8. The van der Waals surface area contributed by atoms with Crippen LogP contribution in [0.3, 0.4) is 0 Å². The van der Waals surface area contributed by atoms with E-state index in [9.17, 15) is 24.0 Å². The highest BCUT2D eigenvalue weighted by atomic mass is 16.6. The maximum atomic E-state index is 14.5. The van der Waals surface area contributed by atoms with Gasteiger partial charge in [-0.05, 0) is 66.1 Å². The third-order valence-electron chi connectivity index (χ3n) is 10.5. The van der Waals surface area contributed by atoms with Crippen molar-refractivity contribution in [2.75, 3.05) is 19.8 Å². The number of ether oxygens (including phenoxy) is 3. The lowest BCUT2D eigenvalue weighted by Crippen LogP contribution is -2.58. The van der Waals surface area contributed by atoms with E-state index in [4.69, 9.17) is 14.2 Å². The largest absolute Gasteiger partial charge is 0.449 e. The lowest BCUT2D eigenvalue weighted by molar-refractivity contribution is -0.133. The van der Waals surface area contributed by atoms with Crippen LogP contribution in [0.2, 0.25) is 0 Å². The van der Waals surface area contributed by atoms with Crippen molar-refractivity contribution in [1.29, 1.82) is 0 Å². The Morgan fingerprint density at radius 3 is 1.56 bits per heavy atom. The van der Waals surface area contributed by atoms with Gasteiger partial charge in [0.2, 0.25) is 5.91 Å². The molecule has 0 aromatic heterocycles. The first-order chi connectivity index (χ1) is 30.4. The second kappa shape index (κ2) is 21.2. The highest BCUT2D eigenvalue weighted by Crippen LogP contribution is 2.44. The molecular formula is C50H55N5O8. The average molecular weight is 854 g/mol. The van der Waals surface area contributed by atoms with Crippen molar-refractivity contribution in [2.24, 2.45) is 0 Å². The van der Waals surface area contributed by atoms with Gasteiger partial charge in [-0.15, -0.1) is 0 Å². The maximum absolute atomic E-state index is 14.5. The molecule has 5 aromatic rings. The van der Waals surface area contributed by atoms with E-state index >= 15 is 0 Å². The minimum Gasteiger partial charge on any atom is -0.449 e. The standard InChI is InChI=1S/C50H55N5O8/c1-5-6-30-61-33-43(52-48(60)63-49(2,3)4)46(58)55-54-45(57)42(51-47(59)62-32-41-39-28-18-16-26-37(39)38-27-17-19-29-40(38)41)31-44(56)53-50(34-20-10-7-11-21-34,35-22-12-8-13-23-35)36-24-14-9-15-25-36/h7-29,41-43H,5-6,30-33H2,1-4H3,(H,51,59)(H,52,60)(H,53,56)(H,54,57)(H,55,58)/t42-,43?/m0/s1. The molecule has 0 radical (unpaired) electrons. The highest BCUT2D eigenvalue weighted by molar-refractivity contribution is 5.94. The molecule has 0 spiro atoms. The number of carbonyl (C=O) groups excluding carboxylic acids is 5. The summed E-state index contributed by atoms with van der Waals surface area (Å²) >= 11 is 0. The Kier molecular flexibility index (Phi) is 15.3. The van der Waals surface area contributed by atoms with Crippen molar-refractivity contribution in [3.05, 3.63) is 167 Å². The smallest absolute Gasteiger partial charge is 0.408 e. The van der Waals surface area contributed by atoms with Crippen molar-refractivity contribution >= 4 is 29.9 Å².